The Morgan fingerprint density at radius 1 is 1.25 bits per heavy atom. The molecule has 0 unspecified atom stereocenters. The summed E-state index contributed by atoms with van der Waals surface area (Å²) >= 11 is 0. The Labute approximate surface area is 74.3 Å². The van der Waals surface area contributed by atoms with E-state index in [2.05, 4.69) is 16.7 Å². The molecule has 70 valence electrons. The lowest BCUT2D eigenvalue weighted by Crippen LogP contribution is -2.66. The zero-order valence-corrected chi connectivity index (χ0v) is 7.99. The van der Waals surface area contributed by atoms with E-state index >= 15 is 0 Å². The average molecular weight is 170 g/mol. The molecule has 2 aliphatic rings. The van der Waals surface area contributed by atoms with E-state index in [4.69, 9.17) is 4.74 Å². The predicted octanol–water partition coefficient (Wildman–Crippen LogP) is 0.0211. The lowest BCUT2D eigenvalue weighted by Gasteiger charge is -2.51. The molecule has 0 aromatic carbocycles. The summed E-state index contributed by atoms with van der Waals surface area (Å²) in [7, 11) is 1.81. The van der Waals surface area contributed by atoms with Crippen molar-refractivity contribution < 1.29 is 4.74 Å². The van der Waals surface area contributed by atoms with Crippen molar-refractivity contribution in [1.82, 2.24) is 9.80 Å². The summed E-state index contributed by atoms with van der Waals surface area (Å²) in [5.74, 6) is 0. The summed E-state index contributed by atoms with van der Waals surface area (Å²) in [5.41, 5.74) is 0. The lowest BCUT2D eigenvalue weighted by molar-refractivity contribution is -0.0852. The van der Waals surface area contributed by atoms with Crippen molar-refractivity contribution >= 4 is 0 Å². The topological polar surface area (TPSA) is 15.7 Å². The maximum atomic E-state index is 5.23. The molecule has 3 nitrogen and oxygen atoms in total. The fraction of sp³-hybridized carbons (Fsp3) is 1.00. The number of hydrogen-bond acceptors (Lipinski definition) is 3. The van der Waals surface area contributed by atoms with Gasteiger partial charge in [0.25, 0.3) is 0 Å². The zero-order valence-electron chi connectivity index (χ0n) is 7.99. The quantitative estimate of drug-likeness (QED) is 0.594. The Kier molecular flexibility index (Phi) is 2.35. The Hall–Kier alpha value is -0.120. The third-order valence-corrected chi connectivity index (χ3v) is 3.11. The molecule has 2 heterocycles. The second-order valence-electron chi connectivity index (χ2n) is 3.82. The van der Waals surface area contributed by atoms with Crippen LogP contribution in [0.25, 0.3) is 0 Å². The van der Waals surface area contributed by atoms with E-state index in [9.17, 15) is 0 Å². The van der Waals surface area contributed by atoms with Gasteiger partial charge in [-0.1, -0.05) is 6.92 Å². The van der Waals surface area contributed by atoms with Crippen LogP contribution in [0.2, 0.25) is 0 Å². The molecule has 3 heteroatoms. The highest BCUT2D eigenvalue weighted by Crippen LogP contribution is 2.21. The summed E-state index contributed by atoms with van der Waals surface area (Å²) in [4.78, 5) is 5.01. The van der Waals surface area contributed by atoms with Gasteiger partial charge in [0.05, 0.1) is 6.10 Å². The molecule has 0 saturated carbocycles. The number of likely N-dealkylation sites (N-methyl/N-ethyl adjacent to an activating group) is 1. The fourth-order valence-corrected chi connectivity index (χ4v) is 1.95. The molecule has 0 N–H and O–H groups in total. The SMILES string of the molecule is CCN1CC(N2CC(OC)C2)C1. The van der Waals surface area contributed by atoms with Crippen LogP contribution in [0.5, 0.6) is 0 Å². The first-order valence-corrected chi connectivity index (χ1v) is 4.82. The van der Waals surface area contributed by atoms with Crippen LogP contribution in [-0.2, 0) is 4.74 Å². The number of hydrogen-bond donors (Lipinski definition) is 0. The minimum absolute atomic E-state index is 0.515. The van der Waals surface area contributed by atoms with E-state index in [0.29, 0.717) is 6.10 Å². The summed E-state index contributed by atoms with van der Waals surface area (Å²) in [5, 5.41) is 0. The Morgan fingerprint density at radius 2 is 1.92 bits per heavy atom. The largest absolute Gasteiger partial charge is 0.379 e. The first kappa shape index (κ1) is 8.48. The van der Waals surface area contributed by atoms with Crippen LogP contribution in [0.3, 0.4) is 0 Å². The molecule has 0 bridgehead atoms. The molecule has 0 atom stereocenters. The Balaban J connectivity index is 1.64. The fourth-order valence-electron chi connectivity index (χ4n) is 1.95. The third-order valence-electron chi connectivity index (χ3n) is 3.11. The van der Waals surface area contributed by atoms with Crippen molar-refractivity contribution in [2.45, 2.75) is 19.1 Å². The molecular weight excluding hydrogens is 152 g/mol. The molecular formula is C9H18N2O. The van der Waals surface area contributed by atoms with Crippen LogP contribution < -0.4 is 0 Å². The summed E-state index contributed by atoms with van der Waals surface area (Å²) < 4.78 is 5.23. The molecule has 0 aromatic heterocycles. The normalized spacial score (nSPS) is 28.5. The van der Waals surface area contributed by atoms with Crippen molar-refractivity contribution in [3.8, 4) is 0 Å². The highest BCUT2D eigenvalue weighted by Gasteiger charge is 2.37. The van der Waals surface area contributed by atoms with Gasteiger partial charge in [0.2, 0.25) is 0 Å². The highest BCUT2D eigenvalue weighted by atomic mass is 16.5. The van der Waals surface area contributed by atoms with Crippen LogP contribution in [0.4, 0.5) is 0 Å². The van der Waals surface area contributed by atoms with E-state index in [-0.39, 0.29) is 0 Å². The number of nitrogens with zero attached hydrogens (tertiary/aromatic N) is 2. The second kappa shape index (κ2) is 3.32. The number of methoxy groups -OCH3 is 1. The van der Waals surface area contributed by atoms with Crippen molar-refractivity contribution in [2.75, 3.05) is 39.8 Å². The molecule has 12 heavy (non-hydrogen) atoms. The first-order valence-electron chi connectivity index (χ1n) is 4.82. The minimum Gasteiger partial charge on any atom is -0.379 e. The van der Waals surface area contributed by atoms with Gasteiger partial charge in [0.15, 0.2) is 0 Å². The van der Waals surface area contributed by atoms with Crippen LogP contribution in [-0.4, -0.2) is 61.8 Å². The molecule has 2 aliphatic heterocycles. The summed E-state index contributed by atoms with van der Waals surface area (Å²) in [6.45, 7) is 8.28. The van der Waals surface area contributed by atoms with Crippen molar-refractivity contribution in [3.63, 3.8) is 0 Å². The van der Waals surface area contributed by atoms with Crippen molar-refractivity contribution in [3.05, 3.63) is 0 Å². The molecule has 2 saturated heterocycles. The Morgan fingerprint density at radius 3 is 2.42 bits per heavy atom. The van der Waals surface area contributed by atoms with E-state index in [1.54, 1.807) is 7.11 Å². The van der Waals surface area contributed by atoms with Gasteiger partial charge >= 0.3 is 0 Å². The minimum atomic E-state index is 0.515. The monoisotopic (exact) mass is 170 g/mol. The van der Waals surface area contributed by atoms with Gasteiger partial charge in [0.1, 0.15) is 0 Å². The number of ether oxygens (including phenoxy) is 1. The predicted molar refractivity (Wildman–Crippen MR) is 48.3 cm³/mol. The highest BCUT2D eigenvalue weighted by molar-refractivity contribution is 4.94. The van der Waals surface area contributed by atoms with Gasteiger partial charge in [-0.2, -0.15) is 0 Å². The van der Waals surface area contributed by atoms with E-state index in [0.717, 1.165) is 19.1 Å². The molecule has 0 amide bonds. The van der Waals surface area contributed by atoms with Crippen LogP contribution in [0.15, 0.2) is 0 Å². The smallest absolute Gasteiger partial charge is 0.0825 e. The van der Waals surface area contributed by atoms with Gasteiger partial charge in [-0.25, -0.2) is 0 Å². The van der Waals surface area contributed by atoms with E-state index in [1.807, 2.05) is 0 Å². The van der Waals surface area contributed by atoms with Crippen LogP contribution in [0, 0.1) is 0 Å². The molecule has 0 spiro atoms. The number of likely N-dealkylation sites (tertiary alicyclic amines) is 2. The summed E-state index contributed by atoms with van der Waals surface area (Å²) in [6, 6.07) is 0.830. The lowest BCUT2D eigenvalue weighted by atomic mass is 10.0. The Bertz CT molecular complexity index is 133. The molecule has 2 fully saturated rings. The van der Waals surface area contributed by atoms with E-state index < -0.39 is 0 Å². The van der Waals surface area contributed by atoms with Crippen molar-refractivity contribution in [1.29, 1.82) is 0 Å². The van der Waals surface area contributed by atoms with Gasteiger partial charge in [-0.3, -0.25) is 4.90 Å². The van der Waals surface area contributed by atoms with E-state index in [1.165, 1.54) is 19.6 Å². The maximum Gasteiger partial charge on any atom is 0.0825 e. The van der Waals surface area contributed by atoms with Gasteiger partial charge in [-0.05, 0) is 6.54 Å². The summed E-state index contributed by atoms with van der Waals surface area (Å²) in [6.07, 6.45) is 0.515. The molecule has 0 aliphatic carbocycles. The van der Waals surface area contributed by atoms with Crippen LogP contribution in [0.1, 0.15) is 6.92 Å². The average Bonchev–Trinajstić information content (AvgIpc) is 1.91. The molecule has 0 aromatic rings. The first-order chi connectivity index (χ1) is 5.83. The van der Waals surface area contributed by atoms with Gasteiger partial charge in [-0.15, -0.1) is 0 Å². The maximum absolute atomic E-state index is 5.23. The molecule has 0 radical (unpaired) electrons. The zero-order chi connectivity index (χ0) is 8.55. The standard InChI is InChI=1S/C9H18N2O/c1-3-10-4-8(5-10)11-6-9(7-11)12-2/h8-9H,3-7H2,1-2H3. The third kappa shape index (κ3) is 1.37. The number of rotatable bonds is 3. The van der Waals surface area contributed by atoms with Gasteiger partial charge < -0.3 is 9.64 Å². The molecule has 2 rings (SSSR count). The van der Waals surface area contributed by atoms with Gasteiger partial charge in [0, 0.05) is 39.3 Å². The van der Waals surface area contributed by atoms with Crippen LogP contribution >= 0.6 is 0 Å². The van der Waals surface area contributed by atoms with Crippen molar-refractivity contribution in [2.24, 2.45) is 0 Å². The second-order valence-corrected chi connectivity index (χ2v) is 3.82.